The summed E-state index contributed by atoms with van der Waals surface area (Å²) in [7, 11) is 0. The van der Waals surface area contributed by atoms with E-state index in [4.69, 9.17) is 0 Å². The molecular formula is C18H16BrF3N8O2. The predicted octanol–water partition coefficient (Wildman–Crippen LogP) is 3.36. The average Bonchev–Trinajstić information content (AvgIpc) is 3.44. The number of fused-ring (bicyclic) bond motifs is 1. The minimum atomic E-state index is -4.43. The van der Waals surface area contributed by atoms with Crippen LogP contribution < -0.4 is 5.32 Å². The summed E-state index contributed by atoms with van der Waals surface area (Å²) >= 11 is 3.49. The highest BCUT2D eigenvalue weighted by Gasteiger charge is 2.27. The van der Waals surface area contributed by atoms with Crippen molar-refractivity contribution in [2.75, 3.05) is 11.9 Å². The van der Waals surface area contributed by atoms with Gasteiger partial charge >= 0.3 is 6.18 Å². The number of hydrogen-bond acceptors (Lipinski definition) is 6. The van der Waals surface area contributed by atoms with Crippen molar-refractivity contribution >= 4 is 33.2 Å². The smallest absolute Gasteiger partial charge is 0.350 e. The van der Waals surface area contributed by atoms with E-state index in [1.54, 1.807) is 16.9 Å². The van der Waals surface area contributed by atoms with Gasteiger partial charge in [-0.05, 0) is 28.9 Å². The van der Waals surface area contributed by atoms with Crippen molar-refractivity contribution in [1.29, 1.82) is 0 Å². The number of carbonyl (C=O) groups is 1. The minimum absolute atomic E-state index is 0.0945. The van der Waals surface area contributed by atoms with Gasteiger partial charge in [-0.2, -0.15) is 28.5 Å². The molecule has 0 fully saturated rings. The van der Waals surface area contributed by atoms with Crippen LogP contribution in [-0.2, 0) is 18.0 Å². The Balaban J connectivity index is 1.51. The second-order valence-corrected chi connectivity index (χ2v) is 7.48. The summed E-state index contributed by atoms with van der Waals surface area (Å²) in [5.41, 5.74) is 2.11. The van der Waals surface area contributed by atoms with Crippen molar-refractivity contribution in [3.63, 3.8) is 0 Å². The fourth-order valence-electron chi connectivity index (χ4n) is 2.87. The number of anilines is 1. The maximum Gasteiger partial charge on any atom is 0.411 e. The first kappa shape index (κ1) is 22.0. The molecule has 1 amide bonds. The fraction of sp³-hybridized carbons (Fsp3) is 0.278. The highest BCUT2D eigenvalue weighted by Crippen LogP contribution is 2.27. The molecule has 4 aromatic rings. The molecule has 4 rings (SSSR count). The van der Waals surface area contributed by atoms with Crippen LogP contribution in [0.15, 0.2) is 41.4 Å². The Morgan fingerprint density at radius 1 is 1.25 bits per heavy atom. The molecule has 14 heteroatoms. The second-order valence-electron chi connectivity index (χ2n) is 6.63. The molecule has 0 atom stereocenters. The van der Waals surface area contributed by atoms with E-state index in [0.717, 1.165) is 9.15 Å². The van der Waals surface area contributed by atoms with E-state index in [1.165, 1.54) is 23.0 Å². The van der Waals surface area contributed by atoms with Crippen LogP contribution in [0.1, 0.15) is 17.4 Å². The Hall–Kier alpha value is -3.26. The maximum atomic E-state index is 12.6. The number of alkyl halides is 3. The molecule has 0 aromatic carbocycles. The summed E-state index contributed by atoms with van der Waals surface area (Å²) in [4.78, 5) is 16.9. The molecule has 0 aliphatic heterocycles. The number of rotatable bonds is 7. The fourth-order valence-corrected chi connectivity index (χ4v) is 3.39. The summed E-state index contributed by atoms with van der Waals surface area (Å²) in [5.74, 6) is -0.532. The van der Waals surface area contributed by atoms with Crippen LogP contribution in [0.4, 0.5) is 18.9 Å². The molecule has 0 aliphatic rings. The molecule has 0 radical (unpaired) electrons. The first-order valence-corrected chi connectivity index (χ1v) is 10.1. The number of nitrogens with one attached hydrogen (secondary N) is 1. The summed E-state index contributed by atoms with van der Waals surface area (Å²) in [6, 6.07) is 3.25. The van der Waals surface area contributed by atoms with Gasteiger partial charge in [0.05, 0.1) is 28.2 Å². The number of nitrogens with zero attached hydrogens (tertiary/aromatic N) is 7. The van der Waals surface area contributed by atoms with Gasteiger partial charge in [-0.15, -0.1) is 0 Å². The van der Waals surface area contributed by atoms with Crippen molar-refractivity contribution < 1.29 is 22.7 Å². The number of hydrogen-bond donors (Lipinski definition) is 1. The van der Waals surface area contributed by atoms with Crippen molar-refractivity contribution in [3.05, 3.63) is 47.1 Å². The van der Waals surface area contributed by atoms with Crippen LogP contribution in [0.5, 0.6) is 0 Å². The molecule has 0 unspecified atom stereocenters. The van der Waals surface area contributed by atoms with Crippen molar-refractivity contribution in [3.8, 4) is 11.4 Å². The zero-order valence-corrected chi connectivity index (χ0v) is 18.1. The van der Waals surface area contributed by atoms with Gasteiger partial charge in [0.15, 0.2) is 11.3 Å². The van der Waals surface area contributed by atoms with E-state index in [2.05, 4.69) is 46.3 Å². The third kappa shape index (κ3) is 4.80. The number of aromatic nitrogens is 7. The molecule has 0 bridgehead atoms. The van der Waals surface area contributed by atoms with Gasteiger partial charge in [0.25, 0.3) is 5.91 Å². The molecule has 0 saturated heterocycles. The van der Waals surface area contributed by atoms with E-state index in [0.29, 0.717) is 23.6 Å². The quantitative estimate of drug-likeness (QED) is 0.407. The molecule has 0 aliphatic carbocycles. The Bertz CT molecular complexity index is 1260. The summed E-state index contributed by atoms with van der Waals surface area (Å²) in [6.45, 7) is 0.856. The standard InChI is InChI=1S/C18H16BrF3N8O2/c1-2-28-8-12(19)16(27-28)14-3-4-23-15-5-13(26-30(14)15)17(31)25-11-6-24-29(7-11)10-32-9-18(20,21)22/h3-8H,2,9-10H2,1H3,(H,25,31). The lowest BCUT2D eigenvalue weighted by molar-refractivity contribution is -0.182. The third-order valence-corrected chi connectivity index (χ3v) is 4.83. The molecule has 168 valence electrons. The van der Waals surface area contributed by atoms with Crippen LogP contribution in [-0.4, -0.2) is 52.8 Å². The second kappa shape index (κ2) is 8.70. The number of ether oxygens (including phenoxy) is 1. The number of carbonyl (C=O) groups excluding carboxylic acids is 1. The van der Waals surface area contributed by atoms with Crippen LogP contribution in [0.2, 0.25) is 0 Å². The van der Waals surface area contributed by atoms with Crippen LogP contribution in [0.3, 0.4) is 0 Å². The van der Waals surface area contributed by atoms with Crippen molar-refractivity contribution in [2.24, 2.45) is 0 Å². The predicted molar refractivity (Wildman–Crippen MR) is 110 cm³/mol. The van der Waals surface area contributed by atoms with Crippen molar-refractivity contribution in [2.45, 2.75) is 26.4 Å². The molecule has 4 aromatic heterocycles. The molecular weight excluding hydrogens is 497 g/mol. The van der Waals surface area contributed by atoms with Gasteiger partial charge in [-0.1, -0.05) is 0 Å². The van der Waals surface area contributed by atoms with Gasteiger partial charge < -0.3 is 10.1 Å². The van der Waals surface area contributed by atoms with Crippen LogP contribution >= 0.6 is 15.9 Å². The Morgan fingerprint density at radius 2 is 2.06 bits per heavy atom. The third-order valence-electron chi connectivity index (χ3n) is 4.25. The minimum Gasteiger partial charge on any atom is -0.350 e. The summed E-state index contributed by atoms with van der Waals surface area (Å²) < 4.78 is 46.2. The molecule has 1 N–H and O–H groups in total. The van der Waals surface area contributed by atoms with E-state index in [9.17, 15) is 18.0 Å². The largest absolute Gasteiger partial charge is 0.411 e. The number of aryl methyl sites for hydroxylation is 1. The van der Waals surface area contributed by atoms with Crippen LogP contribution in [0.25, 0.3) is 17.0 Å². The van der Waals surface area contributed by atoms with E-state index in [-0.39, 0.29) is 11.4 Å². The molecule has 4 heterocycles. The first-order valence-electron chi connectivity index (χ1n) is 9.30. The summed E-state index contributed by atoms with van der Waals surface area (Å²) in [6.07, 6.45) is 1.65. The molecule has 10 nitrogen and oxygen atoms in total. The SMILES string of the molecule is CCn1cc(Br)c(-c2ccnc3cc(C(=O)Nc4cnn(COCC(F)(F)F)c4)nn23)n1. The van der Waals surface area contributed by atoms with Crippen molar-refractivity contribution in [1.82, 2.24) is 34.2 Å². The highest BCUT2D eigenvalue weighted by atomic mass is 79.9. The van der Waals surface area contributed by atoms with E-state index < -0.39 is 25.4 Å². The monoisotopic (exact) mass is 512 g/mol. The highest BCUT2D eigenvalue weighted by molar-refractivity contribution is 9.10. The zero-order valence-electron chi connectivity index (χ0n) is 16.5. The molecule has 32 heavy (non-hydrogen) atoms. The maximum absolute atomic E-state index is 12.6. The number of halogens is 4. The topological polar surface area (TPSA) is 104 Å². The average molecular weight is 513 g/mol. The number of amides is 1. The first-order chi connectivity index (χ1) is 15.2. The Morgan fingerprint density at radius 3 is 2.78 bits per heavy atom. The van der Waals surface area contributed by atoms with E-state index in [1.807, 2.05) is 13.1 Å². The summed E-state index contributed by atoms with van der Waals surface area (Å²) in [5, 5.41) is 15.3. The van der Waals surface area contributed by atoms with Gasteiger partial charge in [0.1, 0.15) is 19.0 Å². The van der Waals surface area contributed by atoms with Gasteiger partial charge in [0, 0.05) is 25.0 Å². The van der Waals surface area contributed by atoms with Crippen LogP contribution in [0, 0.1) is 0 Å². The lowest BCUT2D eigenvalue weighted by atomic mass is 10.3. The molecule has 0 saturated carbocycles. The molecule has 0 spiro atoms. The lowest BCUT2D eigenvalue weighted by Gasteiger charge is -2.07. The van der Waals surface area contributed by atoms with E-state index >= 15 is 0 Å². The van der Waals surface area contributed by atoms with Gasteiger partial charge in [-0.25, -0.2) is 14.2 Å². The zero-order chi connectivity index (χ0) is 22.9. The Labute approximate surface area is 187 Å². The van der Waals surface area contributed by atoms with Gasteiger partial charge in [0.2, 0.25) is 0 Å². The lowest BCUT2D eigenvalue weighted by Crippen LogP contribution is -2.18. The Kier molecular flexibility index (Phi) is 5.97. The normalized spacial score (nSPS) is 11.9. The van der Waals surface area contributed by atoms with Gasteiger partial charge in [-0.3, -0.25) is 9.48 Å².